The first-order valence-corrected chi connectivity index (χ1v) is 9.66. The van der Waals surface area contributed by atoms with E-state index in [1.165, 1.54) is 32.7 Å². The number of para-hydroxylation sites is 1. The highest BCUT2D eigenvalue weighted by molar-refractivity contribution is 7.13. The average Bonchev–Trinajstić information content (AvgIpc) is 3.39. The number of nitrogens with one attached hydrogen (secondary N) is 2. The third-order valence-electron chi connectivity index (χ3n) is 4.42. The van der Waals surface area contributed by atoms with Gasteiger partial charge in [-0.1, -0.05) is 18.2 Å². The van der Waals surface area contributed by atoms with Gasteiger partial charge >= 0.3 is 0 Å². The van der Waals surface area contributed by atoms with Crippen molar-refractivity contribution in [3.8, 4) is 28.0 Å². The Morgan fingerprint density at radius 3 is 2.41 bits per heavy atom. The van der Waals surface area contributed by atoms with Gasteiger partial charge in [0.2, 0.25) is 5.75 Å². The SMILES string of the molecule is COc1cc(NC(=O)c2csc(-c3cc4ccccc4[nH]3)n2)cc(OC)c1OC. The minimum absolute atomic E-state index is 0.321. The molecular formula is C21H19N3O4S. The van der Waals surface area contributed by atoms with E-state index in [0.717, 1.165) is 21.6 Å². The monoisotopic (exact) mass is 409 g/mol. The molecule has 0 saturated heterocycles. The Morgan fingerprint density at radius 1 is 1.03 bits per heavy atom. The molecule has 0 unspecified atom stereocenters. The molecule has 7 nitrogen and oxygen atoms in total. The number of amides is 1. The van der Waals surface area contributed by atoms with Gasteiger partial charge in [-0.2, -0.15) is 0 Å². The van der Waals surface area contributed by atoms with E-state index in [9.17, 15) is 4.79 Å². The standard InChI is InChI=1S/C21H19N3O4S/c1-26-17-9-13(10-18(27-2)19(17)28-3)22-20(25)16-11-29-21(24-16)15-8-12-6-4-5-7-14(12)23-15/h4-11,23H,1-3H3,(H,22,25). The number of rotatable bonds is 6. The van der Waals surface area contributed by atoms with Crippen LogP contribution in [0.25, 0.3) is 21.6 Å². The van der Waals surface area contributed by atoms with Gasteiger partial charge < -0.3 is 24.5 Å². The van der Waals surface area contributed by atoms with Gasteiger partial charge in [-0.25, -0.2) is 4.98 Å². The number of benzene rings is 2. The van der Waals surface area contributed by atoms with E-state index in [0.29, 0.717) is 28.6 Å². The second-order valence-corrected chi connectivity index (χ2v) is 7.03. The lowest BCUT2D eigenvalue weighted by Crippen LogP contribution is -2.12. The lowest BCUT2D eigenvalue weighted by Gasteiger charge is -2.14. The Labute approximate surface area is 171 Å². The van der Waals surface area contributed by atoms with E-state index >= 15 is 0 Å². The molecule has 0 atom stereocenters. The van der Waals surface area contributed by atoms with Crippen molar-refractivity contribution in [2.24, 2.45) is 0 Å². The third kappa shape index (κ3) is 3.62. The first-order chi connectivity index (χ1) is 14.1. The molecule has 2 aromatic heterocycles. The fourth-order valence-corrected chi connectivity index (χ4v) is 3.81. The number of H-pyrrole nitrogens is 1. The summed E-state index contributed by atoms with van der Waals surface area (Å²) in [6, 6.07) is 13.4. The summed E-state index contributed by atoms with van der Waals surface area (Å²) in [5.41, 5.74) is 2.76. The second kappa shape index (κ2) is 7.84. The average molecular weight is 409 g/mol. The maximum Gasteiger partial charge on any atom is 0.275 e. The van der Waals surface area contributed by atoms with Crippen molar-refractivity contribution in [1.82, 2.24) is 9.97 Å². The van der Waals surface area contributed by atoms with E-state index in [4.69, 9.17) is 14.2 Å². The van der Waals surface area contributed by atoms with Gasteiger partial charge in [0.15, 0.2) is 11.5 Å². The molecule has 2 heterocycles. The number of aromatic amines is 1. The molecule has 0 aliphatic heterocycles. The van der Waals surface area contributed by atoms with Gasteiger partial charge in [0, 0.05) is 34.1 Å². The zero-order valence-corrected chi connectivity index (χ0v) is 16.9. The lowest BCUT2D eigenvalue weighted by atomic mass is 10.2. The Bertz CT molecular complexity index is 1120. The third-order valence-corrected chi connectivity index (χ3v) is 5.30. The van der Waals surface area contributed by atoms with Gasteiger partial charge in [-0.15, -0.1) is 11.3 Å². The Kier molecular flexibility index (Phi) is 5.09. The fourth-order valence-electron chi connectivity index (χ4n) is 3.04. The van der Waals surface area contributed by atoms with Crippen molar-refractivity contribution in [3.05, 3.63) is 53.5 Å². The topological polar surface area (TPSA) is 85.5 Å². The van der Waals surface area contributed by atoms with E-state index in [1.807, 2.05) is 30.3 Å². The molecule has 1 amide bonds. The molecule has 0 aliphatic rings. The van der Waals surface area contributed by atoms with Crippen LogP contribution in [0.15, 0.2) is 47.8 Å². The van der Waals surface area contributed by atoms with Crippen LogP contribution >= 0.6 is 11.3 Å². The molecule has 0 bridgehead atoms. The number of ether oxygens (including phenoxy) is 3. The number of anilines is 1. The number of hydrogen-bond donors (Lipinski definition) is 2. The molecule has 0 saturated carbocycles. The number of methoxy groups -OCH3 is 3. The molecule has 4 aromatic rings. The minimum Gasteiger partial charge on any atom is -0.493 e. The number of carbonyl (C=O) groups excluding carboxylic acids is 1. The second-order valence-electron chi connectivity index (χ2n) is 6.18. The highest BCUT2D eigenvalue weighted by Gasteiger charge is 2.17. The van der Waals surface area contributed by atoms with Crippen molar-refractivity contribution < 1.29 is 19.0 Å². The minimum atomic E-state index is -0.321. The summed E-state index contributed by atoms with van der Waals surface area (Å²) in [7, 11) is 4.57. The maximum absolute atomic E-state index is 12.7. The van der Waals surface area contributed by atoms with Crippen LogP contribution in [-0.4, -0.2) is 37.2 Å². The number of fused-ring (bicyclic) bond motifs is 1. The zero-order valence-electron chi connectivity index (χ0n) is 16.1. The van der Waals surface area contributed by atoms with Gasteiger partial charge in [-0.3, -0.25) is 4.79 Å². The summed E-state index contributed by atoms with van der Waals surface area (Å²) in [4.78, 5) is 20.5. The Morgan fingerprint density at radius 2 is 1.76 bits per heavy atom. The van der Waals surface area contributed by atoms with Crippen LogP contribution in [0.2, 0.25) is 0 Å². The summed E-state index contributed by atoms with van der Waals surface area (Å²) < 4.78 is 16.0. The van der Waals surface area contributed by atoms with E-state index in [1.54, 1.807) is 17.5 Å². The van der Waals surface area contributed by atoms with Crippen LogP contribution in [0, 0.1) is 0 Å². The predicted octanol–water partition coefficient (Wildman–Crippen LogP) is 4.57. The molecule has 8 heteroatoms. The quantitative estimate of drug-likeness (QED) is 0.487. The van der Waals surface area contributed by atoms with Gasteiger partial charge in [0.25, 0.3) is 5.91 Å². The first-order valence-electron chi connectivity index (χ1n) is 8.78. The highest BCUT2D eigenvalue weighted by atomic mass is 32.1. The molecule has 29 heavy (non-hydrogen) atoms. The molecular weight excluding hydrogens is 390 g/mol. The molecule has 0 aliphatic carbocycles. The normalized spacial score (nSPS) is 10.7. The van der Waals surface area contributed by atoms with Crippen LogP contribution < -0.4 is 19.5 Å². The van der Waals surface area contributed by atoms with E-state index < -0.39 is 0 Å². The van der Waals surface area contributed by atoms with Crippen LogP contribution in [-0.2, 0) is 0 Å². The van der Waals surface area contributed by atoms with E-state index in [-0.39, 0.29) is 5.91 Å². The Hall–Kier alpha value is -3.52. The van der Waals surface area contributed by atoms with Crippen molar-refractivity contribution in [2.45, 2.75) is 0 Å². The van der Waals surface area contributed by atoms with Crippen molar-refractivity contribution in [2.75, 3.05) is 26.6 Å². The summed E-state index contributed by atoms with van der Waals surface area (Å²) in [5.74, 6) is 1.05. The van der Waals surface area contributed by atoms with Gasteiger partial charge in [0.05, 0.1) is 27.0 Å². The predicted molar refractivity (Wildman–Crippen MR) is 113 cm³/mol. The van der Waals surface area contributed by atoms with Crippen LogP contribution in [0.3, 0.4) is 0 Å². The van der Waals surface area contributed by atoms with Gasteiger partial charge in [0.1, 0.15) is 10.7 Å². The lowest BCUT2D eigenvalue weighted by molar-refractivity contribution is 0.102. The molecule has 0 radical (unpaired) electrons. The maximum atomic E-state index is 12.7. The highest BCUT2D eigenvalue weighted by Crippen LogP contribution is 2.40. The molecule has 148 valence electrons. The van der Waals surface area contributed by atoms with Crippen LogP contribution in [0.1, 0.15) is 10.5 Å². The number of carbonyl (C=O) groups is 1. The molecule has 2 aromatic carbocycles. The summed E-state index contributed by atoms with van der Waals surface area (Å²) in [5, 5.41) is 6.40. The zero-order chi connectivity index (χ0) is 20.4. The number of thiazole rings is 1. The largest absolute Gasteiger partial charge is 0.493 e. The molecule has 2 N–H and O–H groups in total. The van der Waals surface area contributed by atoms with Crippen molar-refractivity contribution in [3.63, 3.8) is 0 Å². The van der Waals surface area contributed by atoms with Crippen LogP contribution in [0.5, 0.6) is 17.2 Å². The summed E-state index contributed by atoms with van der Waals surface area (Å²) in [6.07, 6.45) is 0. The van der Waals surface area contributed by atoms with Crippen molar-refractivity contribution in [1.29, 1.82) is 0 Å². The summed E-state index contributed by atoms with van der Waals surface area (Å²) >= 11 is 1.41. The van der Waals surface area contributed by atoms with Gasteiger partial charge in [-0.05, 0) is 12.1 Å². The first kappa shape index (κ1) is 18.8. The van der Waals surface area contributed by atoms with Crippen LogP contribution in [0.4, 0.5) is 5.69 Å². The van der Waals surface area contributed by atoms with Crippen molar-refractivity contribution >= 4 is 33.8 Å². The van der Waals surface area contributed by atoms with E-state index in [2.05, 4.69) is 15.3 Å². The smallest absolute Gasteiger partial charge is 0.275 e. The number of nitrogens with zero attached hydrogens (tertiary/aromatic N) is 1. The fraction of sp³-hybridized carbons (Fsp3) is 0.143. The Balaban J connectivity index is 1.58. The number of aromatic nitrogens is 2. The summed E-state index contributed by atoms with van der Waals surface area (Å²) in [6.45, 7) is 0. The molecule has 0 fully saturated rings. The number of hydrogen-bond acceptors (Lipinski definition) is 6. The molecule has 4 rings (SSSR count). The molecule has 0 spiro atoms.